The number of benzene rings is 1. The number of phenolic OH excluding ortho intramolecular Hbond substituents is 1. The third-order valence-corrected chi connectivity index (χ3v) is 3.06. The molecular weight excluding hydrogens is 219 g/mol. The largest absolute Gasteiger partial charge is 0.508 e. The Labute approximate surface area is 102 Å². The molecule has 0 saturated heterocycles. The first-order valence-corrected chi connectivity index (χ1v) is 5.80. The molecule has 0 radical (unpaired) electrons. The number of nitrogens with one attached hydrogen (secondary N) is 1. The minimum atomic E-state index is -0.417. The molecular formula is C13H21FN2O. The van der Waals surface area contributed by atoms with Gasteiger partial charge in [-0.3, -0.25) is 0 Å². The van der Waals surface area contributed by atoms with Crippen molar-refractivity contribution in [3.63, 3.8) is 0 Å². The fourth-order valence-electron chi connectivity index (χ4n) is 1.52. The maximum Gasteiger partial charge on any atom is 0.126 e. The molecule has 2 N–H and O–H groups in total. The van der Waals surface area contributed by atoms with Crippen molar-refractivity contribution in [1.29, 1.82) is 0 Å². The lowest BCUT2D eigenvalue weighted by molar-refractivity contribution is 0.294. The second-order valence-electron chi connectivity index (χ2n) is 4.65. The minimum Gasteiger partial charge on any atom is -0.508 e. The molecule has 1 aromatic rings. The fourth-order valence-corrected chi connectivity index (χ4v) is 1.52. The molecule has 4 heteroatoms. The van der Waals surface area contributed by atoms with Crippen molar-refractivity contribution in [2.24, 2.45) is 0 Å². The van der Waals surface area contributed by atoms with E-state index in [0.29, 0.717) is 6.04 Å². The summed E-state index contributed by atoms with van der Waals surface area (Å²) in [5, 5.41) is 13.0. The Balaban J connectivity index is 2.61. The molecule has 2 unspecified atom stereocenters. The van der Waals surface area contributed by atoms with Crippen molar-refractivity contribution in [1.82, 2.24) is 10.2 Å². The van der Waals surface area contributed by atoms with Gasteiger partial charge in [-0.1, -0.05) is 6.07 Å². The van der Waals surface area contributed by atoms with Gasteiger partial charge in [-0.25, -0.2) is 4.39 Å². The van der Waals surface area contributed by atoms with Gasteiger partial charge >= 0.3 is 0 Å². The Morgan fingerprint density at radius 2 is 2.00 bits per heavy atom. The maximum absolute atomic E-state index is 12.8. The topological polar surface area (TPSA) is 35.5 Å². The molecule has 1 aromatic carbocycles. The lowest BCUT2D eigenvalue weighted by Crippen LogP contribution is -2.36. The van der Waals surface area contributed by atoms with E-state index in [1.165, 1.54) is 6.07 Å². The second-order valence-corrected chi connectivity index (χ2v) is 4.65. The first kappa shape index (κ1) is 13.9. The standard InChI is InChI=1S/C13H21FN2O/c1-9(16(3)4)8-15-10(2)12-6-5-11(14)7-13(12)17/h5-7,9-10,15,17H,8H2,1-4H3. The van der Waals surface area contributed by atoms with E-state index in [-0.39, 0.29) is 11.8 Å². The van der Waals surface area contributed by atoms with E-state index in [9.17, 15) is 9.50 Å². The average Bonchev–Trinajstić information content (AvgIpc) is 2.25. The Bertz CT molecular complexity index is 368. The zero-order valence-corrected chi connectivity index (χ0v) is 10.9. The van der Waals surface area contributed by atoms with Crippen LogP contribution in [-0.4, -0.2) is 36.7 Å². The summed E-state index contributed by atoms with van der Waals surface area (Å²) in [4.78, 5) is 2.12. The molecule has 0 aliphatic carbocycles. The lowest BCUT2D eigenvalue weighted by Gasteiger charge is -2.23. The lowest BCUT2D eigenvalue weighted by atomic mass is 10.1. The van der Waals surface area contributed by atoms with Crippen LogP contribution in [0.1, 0.15) is 25.5 Å². The Kier molecular flexibility index (Phi) is 4.90. The van der Waals surface area contributed by atoms with Gasteiger partial charge in [0.2, 0.25) is 0 Å². The smallest absolute Gasteiger partial charge is 0.126 e. The van der Waals surface area contributed by atoms with E-state index in [1.807, 2.05) is 21.0 Å². The highest BCUT2D eigenvalue weighted by Crippen LogP contribution is 2.24. The number of aromatic hydroxyl groups is 1. The van der Waals surface area contributed by atoms with E-state index in [1.54, 1.807) is 6.07 Å². The van der Waals surface area contributed by atoms with Gasteiger partial charge in [-0.15, -0.1) is 0 Å². The van der Waals surface area contributed by atoms with E-state index in [0.717, 1.165) is 18.2 Å². The molecule has 1 rings (SSSR count). The van der Waals surface area contributed by atoms with E-state index < -0.39 is 5.82 Å². The van der Waals surface area contributed by atoms with Gasteiger partial charge in [0, 0.05) is 30.3 Å². The van der Waals surface area contributed by atoms with Crippen LogP contribution in [0.3, 0.4) is 0 Å². The number of hydrogen-bond donors (Lipinski definition) is 2. The molecule has 0 heterocycles. The normalized spacial score (nSPS) is 14.9. The Morgan fingerprint density at radius 3 is 2.53 bits per heavy atom. The molecule has 0 saturated carbocycles. The summed E-state index contributed by atoms with van der Waals surface area (Å²) in [6.07, 6.45) is 0. The molecule has 17 heavy (non-hydrogen) atoms. The first-order chi connectivity index (χ1) is 7.91. The quantitative estimate of drug-likeness (QED) is 0.827. The third kappa shape index (κ3) is 3.98. The molecule has 0 amide bonds. The first-order valence-electron chi connectivity index (χ1n) is 5.80. The molecule has 0 spiro atoms. The van der Waals surface area contributed by atoms with Crippen LogP contribution in [0.5, 0.6) is 5.75 Å². The molecule has 0 aliphatic rings. The number of hydrogen-bond acceptors (Lipinski definition) is 3. The van der Waals surface area contributed by atoms with Crippen molar-refractivity contribution in [2.75, 3.05) is 20.6 Å². The number of rotatable bonds is 5. The summed E-state index contributed by atoms with van der Waals surface area (Å²) in [7, 11) is 4.04. The molecule has 96 valence electrons. The van der Waals surface area contributed by atoms with Gasteiger partial charge in [-0.2, -0.15) is 0 Å². The Hall–Kier alpha value is -1.13. The van der Waals surface area contributed by atoms with Crippen LogP contribution in [-0.2, 0) is 0 Å². The summed E-state index contributed by atoms with van der Waals surface area (Å²) < 4.78 is 12.8. The molecule has 0 fully saturated rings. The molecule has 0 aromatic heterocycles. The number of likely N-dealkylation sites (N-methyl/N-ethyl adjacent to an activating group) is 1. The maximum atomic E-state index is 12.8. The van der Waals surface area contributed by atoms with Crippen molar-refractivity contribution in [3.8, 4) is 5.75 Å². The predicted molar refractivity (Wildman–Crippen MR) is 67.6 cm³/mol. The van der Waals surface area contributed by atoms with Crippen LogP contribution in [0.4, 0.5) is 4.39 Å². The summed E-state index contributed by atoms with van der Waals surface area (Å²) in [5.41, 5.74) is 0.720. The zero-order valence-electron chi connectivity index (χ0n) is 10.9. The van der Waals surface area contributed by atoms with Crippen molar-refractivity contribution < 1.29 is 9.50 Å². The van der Waals surface area contributed by atoms with Gasteiger partial charge in [0.05, 0.1) is 0 Å². The van der Waals surface area contributed by atoms with Crippen LogP contribution < -0.4 is 5.32 Å². The van der Waals surface area contributed by atoms with Crippen molar-refractivity contribution in [3.05, 3.63) is 29.6 Å². The fraction of sp³-hybridized carbons (Fsp3) is 0.538. The number of phenols is 1. The number of nitrogens with zero attached hydrogens (tertiary/aromatic N) is 1. The highest BCUT2D eigenvalue weighted by Gasteiger charge is 2.12. The van der Waals surface area contributed by atoms with Crippen molar-refractivity contribution in [2.45, 2.75) is 25.9 Å². The van der Waals surface area contributed by atoms with Gasteiger partial charge in [0.1, 0.15) is 11.6 Å². The van der Waals surface area contributed by atoms with Crippen LogP contribution in [0.25, 0.3) is 0 Å². The molecule has 0 bridgehead atoms. The van der Waals surface area contributed by atoms with Crippen molar-refractivity contribution >= 4 is 0 Å². The van der Waals surface area contributed by atoms with Crippen LogP contribution in [0.15, 0.2) is 18.2 Å². The predicted octanol–water partition coefficient (Wildman–Crippen LogP) is 2.13. The molecule has 2 atom stereocenters. The van der Waals surface area contributed by atoms with Crippen LogP contribution in [0.2, 0.25) is 0 Å². The summed E-state index contributed by atoms with van der Waals surface area (Å²) in [6.45, 7) is 4.88. The van der Waals surface area contributed by atoms with Gasteiger partial charge in [-0.05, 0) is 34.0 Å². The molecule has 0 aliphatic heterocycles. The molecule has 3 nitrogen and oxygen atoms in total. The highest BCUT2D eigenvalue weighted by atomic mass is 19.1. The monoisotopic (exact) mass is 240 g/mol. The van der Waals surface area contributed by atoms with E-state index in [2.05, 4.69) is 17.1 Å². The minimum absolute atomic E-state index is 0.00185. The van der Waals surface area contributed by atoms with E-state index >= 15 is 0 Å². The van der Waals surface area contributed by atoms with Crippen LogP contribution >= 0.6 is 0 Å². The highest BCUT2D eigenvalue weighted by molar-refractivity contribution is 5.34. The Morgan fingerprint density at radius 1 is 1.35 bits per heavy atom. The second kappa shape index (κ2) is 5.98. The third-order valence-electron chi connectivity index (χ3n) is 3.06. The average molecular weight is 240 g/mol. The summed E-state index contributed by atoms with van der Waals surface area (Å²) in [5.74, 6) is -0.414. The SMILES string of the molecule is CC(NCC(C)N(C)C)c1ccc(F)cc1O. The number of halogens is 1. The van der Waals surface area contributed by atoms with E-state index in [4.69, 9.17) is 0 Å². The van der Waals surface area contributed by atoms with Gasteiger partial charge in [0.15, 0.2) is 0 Å². The van der Waals surface area contributed by atoms with Crippen LogP contribution in [0, 0.1) is 5.82 Å². The van der Waals surface area contributed by atoms with Gasteiger partial charge in [0.25, 0.3) is 0 Å². The summed E-state index contributed by atoms with van der Waals surface area (Å²) in [6, 6.07) is 4.52. The summed E-state index contributed by atoms with van der Waals surface area (Å²) >= 11 is 0. The zero-order chi connectivity index (χ0) is 13.0. The van der Waals surface area contributed by atoms with Gasteiger partial charge < -0.3 is 15.3 Å².